The molecule has 0 amide bonds. The van der Waals surface area contributed by atoms with Gasteiger partial charge in [-0.1, -0.05) is 62.3 Å². The summed E-state index contributed by atoms with van der Waals surface area (Å²) in [5.74, 6) is 1.22. The first-order valence-electron chi connectivity index (χ1n) is 14.7. The van der Waals surface area contributed by atoms with Gasteiger partial charge in [-0.3, -0.25) is 9.59 Å². The highest BCUT2D eigenvalue weighted by molar-refractivity contribution is 6.75. The number of hydrogen-bond acceptors (Lipinski definition) is 7. The number of rotatable bonds is 5. The fourth-order valence-corrected chi connectivity index (χ4v) is 12.1. The van der Waals surface area contributed by atoms with Gasteiger partial charge in [-0.05, 0) is 48.8 Å². The quantitative estimate of drug-likeness (QED) is 0.207. The topological polar surface area (TPSA) is 91.3 Å². The molecule has 1 aliphatic carbocycles. The highest BCUT2D eigenvalue weighted by Gasteiger charge is 2.65. The van der Waals surface area contributed by atoms with Crippen molar-refractivity contribution >= 4 is 45.8 Å². The number of benzene rings is 2. The van der Waals surface area contributed by atoms with Crippen molar-refractivity contribution in [2.45, 2.75) is 116 Å². The second-order valence-electron chi connectivity index (χ2n) is 15.3. The number of methoxy groups -OCH3 is 1. The van der Waals surface area contributed by atoms with E-state index in [4.69, 9.17) is 18.0 Å². The largest absolute Gasteiger partial charge is 0.510 e. The molecule has 0 bridgehead atoms. The summed E-state index contributed by atoms with van der Waals surface area (Å²) >= 11 is 0. The van der Waals surface area contributed by atoms with Crippen LogP contribution >= 0.6 is 0 Å². The summed E-state index contributed by atoms with van der Waals surface area (Å²) < 4.78 is 26.9. The third-order valence-electron chi connectivity index (χ3n) is 9.30. The molecule has 0 aromatic heterocycles. The van der Waals surface area contributed by atoms with Crippen LogP contribution in [0.15, 0.2) is 12.1 Å². The van der Waals surface area contributed by atoms with Gasteiger partial charge in [0, 0.05) is 33.0 Å². The molecule has 230 valence electrons. The van der Waals surface area contributed by atoms with E-state index in [2.05, 4.69) is 75.4 Å². The molecule has 1 N–H and O–H groups in total. The number of aldehydes is 1. The van der Waals surface area contributed by atoms with Crippen molar-refractivity contribution in [3.8, 4) is 17.2 Å². The maximum atomic E-state index is 14.6. The third kappa shape index (κ3) is 4.86. The number of hydrogen-bond donors (Lipinski definition) is 1. The first-order valence-corrected chi connectivity index (χ1v) is 19.5. The number of ether oxygens (including phenoxy) is 1. The van der Waals surface area contributed by atoms with E-state index in [-0.39, 0.29) is 17.2 Å². The SMILES string of the molecule is COc1c2c(c3c4c(c(/C=C/C=O)c(C)cc14)O[Si](C(C)(C)C)(C(C)(C)C)O3)C(=O)C(O[Si](C)(C)C(C)(C)C)C[C@@H]2O. The van der Waals surface area contributed by atoms with Crippen molar-refractivity contribution in [1.82, 2.24) is 0 Å². The molecule has 2 atom stereocenters. The molecule has 0 saturated heterocycles. The molecule has 0 spiro atoms. The van der Waals surface area contributed by atoms with Crippen LogP contribution < -0.4 is 13.6 Å². The van der Waals surface area contributed by atoms with Crippen LogP contribution in [0.4, 0.5) is 0 Å². The monoisotopic (exact) mass is 612 g/mol. The number of aryl methyl sites for hydroxylation is 1. The summed E-state index contributed by atoms with van der Waals surface area (Å²) in [6, 6.07) is 1.96. The molecular weight excluding hydrogens is 565 g/mol. The van der Waals surface area contributed by atoms with Crippen molar-refractivity contribution in [3.63, 3.8) is 0 Å². The summed E-state index contributed by atoms with van der Waals surface area (Å²) in [6.45, 7) is 25.2. The average molecular weight is 613 g/mol. The van der Waals surface area contributed by atoms with Gasteiger partial charge < -0.3 is 23.1 Å². The molecule has 7 nitrogen and oxygen atoms in total. The lowest BCUT2D eigenvalue weighted by atomic mass is 9.82. The molecule has 0 fully saturated rings. The van der Waals surface area contributed by atoms with Crippen molar-refractivity contribution in [1.29, 1.82) is 0 Å². The maximum Gasteiger partial charge on any atom is 0.471 e. The van der Waals surface area contributed by atoms with Crippen LogP contribution in [0.3, 0.4) is 0 Å². The molecular formula is C33H48O7Si2. The molecule has 2 aliphatic rings. The summed E-state index contributed by atoms with van der Waals surface area (Å²) in [5.41, 5.74) is 2.38. The highest BCUT2D eigenvalue weighted by Crippen LogP contribution is 2.61. The van der Waals surface area contributed by atoms with E-state index >= 15 is 0 Å². The Bertz CT molecular complexity index is 1460. The number of aliphatic hydroxyl groups is 1. The standard InChI is InChI=1S/C33H48O7Si2/c1-19-17-21-24-29(20(19)15-14-16-34)39-42(32(5,6)7,33(8,9)10)40-30(24)26-25(28(21)37-11)22(35)18-23(27(26)36)38-41(12,13)31(2,3)4/h14-17,22-23,35H,18H2,1-13H3/b15-14+/t22-,23?/m0/s1. The molecule has 4 rings (SSSR count). The lowest BCUT2D eigenvalue weighted by molar-refractivity contribution is -0.104. The smallest absolute Gasteiger partial charge is 0.471 e. The average Bonchev–Trinajstić information content (AvgIpc) is 2.84. The first kappa shape index (κ1) is 32.4. The molecule has 42 heavy (non-hydrogen) atoms. The molecule has 0 saturated carbocycles. The number of ketones is 1. The number of Topliss-reactive ketones (excluding diaryl/α,β-unsaturated/α-hetero) is 1. The van der Waals surface area contributed by atoms with Gasteiger partial charge in [-0.15, -0.1) is 0 Å². The van der Waals surface area contributed by atoms with Gasteiger partial charge in [0.25, 0.3) is 0 Å². The predicted octanol–water partition coefficient (Wildman–Crippen LogP) is 8.19. The normalized spacial score (nSPS) is 20.8. The Balaban J connectivity index is 2.17. The van der Waals surface area contributed by atoms with Crippen LogP contribution in [-0.4, -0.2) is 47.3 Å². The number of aliphatic hydroxyl groups excluding tert-OH is 1. The Morgan fingerprint density at radius 3 is 2.10 bits per heavy atom. The van der Waals surface area contributed by atoms with Gasteiger partial charge >= 0.3 is 8.56 Å². The Morgan fingerprint density at radius 1 is 1.02 bits per heavy atom. The molecule has 0 radical (unpaired) electrons. The Morgan fingerprint density at radius 2 is 1.60 bits per heavy atom. The van der Waals surface area contributed by atoms with Gasteiger partial charge in [0.15, 0.2) is 14.1 Å². The Kier molecular flexibility index (Phi) is 7.97. The number of carbonyl (C=O) groups is 2. The van der Waals surface area contributed by atoms with Crippen LogP contribution in [-0.2, 0) is 9.22 Å². The van der Waals surface area contributed by atoms with E-state index in [1.54, 1.807) is 13.2 Å². The van der Waals surface area contributed by atoms with Crippen molar-refractivity contribution in [2.75, 3.05) is 7.11 Å². The van der Waals surface area contributed by atoms with E-state index in [0.717, 1.165) is 17.4 Å². The zero-order chi connectivity index (χ0) is 31.8. The van der Waals surface area contributed by atoms with Gasteiger partial charge in [0.2, 0.25) is 0 Å². The van der Waals surface area contributed by atoms with Crippen LogP contribution in [0.1, 0.15) is 102 Å². The number of carbonyl (C=O) groups excluding carboxylic acids is 2. The highest BCUT2D eigenvalue weighted by atomic mass is 28.4. The van der Waals surface area contributed by atoms with Crippen molar-refractivity contribution in [3.05, 3.63) is 34.4 Å². The second-order valence-corrected chi connectivity index (χ2v) is 24.7. The zero-order valence-electron chi connectivity index (χ0n) is 27.6. The Hall–Kier alpha value is -2.47. The zero-order valence-corrected chi connectivity index (χ0v) is 29.6. The van der Waals surface area contributed by atoms with Gasteiger partial charge in [-0.2, -0.15) is 0 Å². The van der Waals surface area contributed by atoms with Gasteiger partial charge in [-0.25, -0.2) is 0 Å². The molecule has 9 heteroatoms. The minimum Gasteiger partial charge on any atom is -0.510 e. The summed E-state index contributed by atoms with van der Waals surface area (Å²) in [5, 5.41) is 12.0. The lowest BCUT2D eigenvalue weighted by Crippen LogP contribution is -2.63. The molecule has 1 heterocycles. The number of allylic oxidation sites excluding steroid dienone is 1. The van der Waals surface area contributed by atoms with E-state index < -0.39 is 39.2 Å². The van der Waals surface area contributed by atoms with Gasteiger partial charge in [0.1, 0.15) is 29.6 Å². The molecule has 2 aromatic carbocycles. The third-order valence-corrected chi connectivity index (χ3v) is 18.7. The lowest BCUT2D eigenvalue weighted by Gasteiger charge is -2.51. The van der Waals surface area contributed by atoms with Crippen LogP contribution in [0, 0.1) is 6.92 Å². The van der Waals surface area contributed by atoms with Gasteiger partial charge in [0.05, 0.1) is 24.2 Å². The van der Waals surface area contributed by atoms with Crippen LogP contribution in [0.2, 0.25) is 28.2 Å². The molecule has 1 unspecified atom stereocenters. The van der Waals surface area contributed by atoms with Crippen molar-refractivity contribution in [2.24, 2.45) is 0 Å². The second kappa shape index (κ2) is 10.3. The van der Waals surface area contributed by atoms with Crippen molar-refractivity contribution < 1.29 is 32.7 Å². The number of fused-ring (bicyclic) bond motifs is 2. The van der Waals surface area contributed by atoms with Crippen LogP contribution in [0.25, 0.3) is 16.8 Å². The van der Waals surface area contributed by atoms with E-state index in [0.29, 0.717) is 39.1 Å². The summed E-state index contributed by atoms with van der Waals surface area (Å²) in [6.07, 6.45) is 2.28. The maximum absolute atomic E-state index is 14.6. The van der Waals surface area contributed by atoms with E-state index in [1.165, 1.54) is 6.08 Å². The summed E-state index contributed by atoms with van der Waals surface area (Å²) in [7, 11) is -4.09. The first-order chi connectivity index (χ1) is 19.1. The minimum absolute atomic E-state index is 0.122. The van der Waals surface area contributed by atoms with E-state index in [9.17, 15) is 14.7 Å². The Labute approximate surface area is 253 Å². The fraction of sp³-hybridized carbons (Fsp3) is 0.576. The fourth-order valence-electron chi connectivity index (χ4n) is 6.31. The predicted molar refractivity (Wildman–Crippen MR) is 173 cm³/mol. The minimum atomic E-state index is -3.27. The molecule has 1 aliphatic heterocycles. The van der Waals surface area contributed by atoms with Crippen LogP contribution in [0.5, 0.6) is 17.2 Å². The molecule has 2 aromatic rings. The van der Waals surface area contributed by atoms with E-state index in [1.807, 2.05) is 13.0 Å². The summed E-state index contributed by atoms with van der Waals surface area (Å²) in [4.78, 5) is 26.0.